The number of anilines is 1. The van der Waals surface area contributed by atoms with Crippen molar-refractivity contribution in [2.75, 3.05) is 25.0 Å². The molecule has 120 valence electrons. The number of ether oxygens (including phenoxy) is 2. The van der Waals surface area contributed by atoms with Gasteiger partial charge in [-0.25, -0.2) is 4.79 Å². The number of hydrogen-bond acceptors (Lipinski definition) is 4. The topological polar surface area (TPSA) is 63.7 Å². The van der Waals surface area contributed by atoms with E-state index < -0.39 is 0 Å². The second-order valence-electron chi connectivity index (χ2n) is 5.22. The van der Waals surface area contributed by atoms with E-state index in [9.17, 15) is 4.79 Å². The first-order chi connectivity index (χ1) is 11.2. The van der Waals surface area contributed by atoms with Crippen molar-refractivity contribution >= 4 is 11.7 Å². The minimum atomic E-state index is -0.125. The van der Waals surface area contributed by atoms with Crippen LogP contribution in [0.25, 0.3) is 0 Å². The van der Waals surface area contributed by atoms with Crippen LogP contribution in [-0.4, -0.2) is 41.7 Å². The molecular formula is C17H19N3O3. The molecule has 1 aliphatic rings. The first kappa shape index (κ1) is 15.1. The highest BCUT2D eigenvalue weighted by Gasteiger charge is 2.32. The summed E-state index contributed by atoms with van der Waals surface area (Å²) in [4.78, 5) is 17.8. The lowest BCUT2D eigenvalue weighted by atomic mass is 10.2. The van der Waals surface area contributed by atoms with E-state index in [1.54, 1.807) is 17.3 Å². The smallest absolute Gasteiger partial charge is 0.322 e. The SMILES string of the molecule is CCOc1ccc(NC(=O)N2CC(Oc3cccnc3)C2)cc1. The van der Waals surface area contributed by atoms with Crippen molar-refractivity contribution in [2.24, 2.45) is 0 Å². The zero-order valence-electron chi connectivity index (χ0n) is 12.9. The summed E-state index contributed by atoms with van der Waals surface area (Å²) in [6.45, 7) is 3.69. The summed E-state index contributed by atoms with van der Waals surface area (Å²) in [6, 6.07) is 10.9. The van der Waals surface area contributed by atoms with Gasteiger partial charge < -0.3 is 19.7 Å². The van der Waals surface area contributed by atoms with Gasteiger partial charge >= 0.3 is 6.03 Å². The molecule has 2 amide bonds. The molecule has 6 heteroatoms. The van der Waals surface area contributed by atoms with Crippen LogP contribution in [0, 0.1) is 0 Å². The predicted molar refractivity (Wildman–Crippen MR) is 86.9 cm³/mol. The summed E-state index contributed by atoms with van der Waals surface area (Å²) < 4.78 is 11.1. The Morgan fingerprint density at radius 2 is 2.04 bits per heavy atom. The highest BCUT2D eigenvalue weighted by atomic mass is 16.5. The maximum absolute atomic E-state index is 12.1. The number of amides is 2. The van der Waals surface area contributed by atoms with Crippen molar-refractivity contribution < 1.29 is 14.3 Å². The van der Waals surface area contributed by atoms with Crippen molar-refractivity contribution in [3.63, 3.8) is 0 Å². The number of aromatic nitrogens is 1. The van der Waals surface area contributed by atoms with Crippen LogP contribution in [0.15, 0.2) is 48.8 Å². The highest BCUT2D eigenvalue weighted by molar-refractivity contribution is 5.90. The Morgan fingerprint density at radius 1 is 1.26 bits per heavy atom. The maximum atomic E-state index is 12.1. The third-order valence-corrected chi connectivity index (χ3v) is 3.49. The second-order valence-corrected chi connectivity index (χ2v) is 5.22. The third kappa shape index (κ3) is 3.91. The lowest BCUT2D eigenvalue weighted by Gasteiger charge is -2.38. The van der Waals surface area contributed by atoms with Crippen molar-refractivity contribution in [3.8, 4) is 11.5 Å². The summed E-state index contributed by atoms with van der Waals surface area (Å²) >= 11 is 0. The molecule has 0 spiro atoms. The Kier molecular flexibility index (Phi) is 4.61. The molecule has 2 aromatic rings. The van der Waals surface area contributed by atoms with Crippen LogP contribution in [0.5, 0.6) is 11.5 Å². The van der Waals surface area contributed by atoms with Gasteiger partial charge in [-0.1, -0.05) is 0 Å². The minimum Gasteiger partial charge on any atom is -0.494 e. The highest BCUT2D eigenvalue weighted by Crippen LogP contribution is 2.19. The van der Waals surface area contributed by atoms with Gasteiger partial charge in [0.2, 0.25) is 0 Å². The van der Waals surface area contributed by atoms with Gasteiger partial charge in [0, 0.05) is 11.9 Å². The molecule has 3 rings (SSSR count). The first-order valence-electron chi connectivity index (χ1n) is 7.60. The van der Waals surface area contributed by atoms with Crippen LogP contribution in [0.3, 0.4) is 0 Å². The molecule has 23 heavy (non-hydrogen) atoms. The Bertz CT molecular complexity index is 640. The molecule has 1 aromatic carbocycles. The van der Waals surface area contributed by atoms with Crippen molar-refractivity contribution in [1.82, 2.24) is 9.88 Å². The number of rotatable bonds is 5. The molecule has 6 nitrogen and oxygen atoms in total. The summed E-state index contributed by atoms with van der Waals surface area (Å²) in [5.41, 5.74) is 0.745. The van der Waals surface area contributed by atoms with Gasteiger partial charge in [-0.05, 0) is 43.3 Å². The van der Waals surface area contributed by atoms with Gasteiger partial charge in [-0.3, -0.25) is 4.98 Å². The van der Waals surface area contributed by atoms with E-state index in [0.29, 0.717) is 19.7 Å². The van der Waals surface area contributed by atoms with Gasteiger partial charge in [0.1, 0.15) is 17.6 Å². The Labute approximate surface area is 135 Å². The summed E-state index contributed by atoms with van der Waals surface area (Å²) in [5, 5.41) is 2.86. The largest absolute Gasteiger partial charge is 0.494 e. The standard InChI is InChI=1S/C17H19N3O3/c1-2-22-14-7-5-13(6-8-14)19-17(21)20-11-16(12-20)23-15-4-3-9-18-10-15/h3-10,16H,2,11-12H2,1H3,(H,19,21). The number of carbonyl (C=O) groups excluding carboxylic acids is 1. The normalized spacial score (nSPS) is 14.0. The first-order valence-corrected chi connectivity index (χ1v) is 7.60. The number of hydrogen-bond donors (Lipinski definition) is 1. The lowest BCUT2D eigenvalue weighted by Crippen LogP contribution is -2.57. The molecule has 1 N–H and O–H groups in total. The van der Waals surface area contributed by atoms with Crippen LogP contribution in [0.2, 0.25) is 0 Å². The molecule has 0 saturated carbocycles. The molecule has 0 radical (unpaired) electrons. The Balaban J connectivity index is 1.45. The van der Waals surface area contributed by atoms with E-state index in [1.165, 1.54) is 0 Å². The van der Waals surface area contributed by atoms with Crippen LogP contribution >= 0.6 is 0 Å². The number of nitrogens with zero attached hydrogens (tertiary/aromatic N) is 2. The van der Waals surface area contributed by atoms with Crippen LogP contribution < -0.4 is 14.8 Å². The predicted octanol–water partition coefficient (Wildman–Crippen LogP) is 2.78. The molecule has 1 saturated heterocycles. The van der Waals surface area contributed by atoms with Crippen molar-refractivity contribution in [1.29, 1.82) is 0 Å². The van der Waals surface area contributed by atoms with Gasteiger partial charge in [0.05, 0.1) is 25.9 Å². The average Bonchev–Trinajstić information content (AvgIpc) is 2.53. The zero-order chi connectivity index (χ0) is 16.1. The Hall–Kier alpha value is -2.76. The van der Waals surface area contributed by atoms with Crippen LogP contribution in [-0.2, 0) is 0 Å². The molecule has 0 unspecified atom stereocenters. The second kappa shape index (κ2) is 7.00. The minimum absolute atomic E-state index is 0.0188. The van der Waals surface area contributed by atoms with Crippen molar-refractivity contribution in [3.05, 3.63) is 48.8 Å². The average molecular weight is 313 g/mol. The van der Waals surface area contributed by atoms with Gasteiger partial charge in [0.25, 0.3) is 0 Å². The number of likely N-dealkylation sites (tertiary alicyclic amines) is 1. The lowest BCUT2D eigenvalue weighted by molar-refractivity contribution is 0.0490. The number of benzene rings is 1. The third-order valence-electron chi connectivity index (χ3n) is 3.49. The van der Waals surface area contributed by atoms with Gasteiger partial charge in [-0.2, -0.15) is 0 Å². The monoisotopic (exact) mass is 313 g/mol. The molecule has 0 atom stereocenters. The fraction of sp³-hybridized carbons (Fsp3) is 0.294. The van der Waals surface area contributed by atoms with Crippen molar-refractivity contribution in [2.45, 2.75) is 13.0 Å². The van der Waals surface area contributed by atoms with Gasteiger partial charge in [0.15, 0.2) is 0 Å². The van der Waals surface area contributed by atoms with Crippen LogP contribution in [0.4, 0.5) is 10.5 Å². The van der Waals surface area contributed by atoms with E-state index in [1.807, 2.05) is 43.3 Å². The number of pyridine rings is 1. The number of carbonyl (C=O) groups is 1. The van der Waals surface area contributed by atoms with E-state index in [2.05, 4.69) is 10.3 Å². The molecule has 1 aromatic heterocycles. The molecule has 2 heterocycles. The maximum Gasteiger partial charge on any atom is 0.322 e. The molecule has 1 fully saturated rings. The summed E-state index contributed by atoms with van der Waals surface area (Å²) in [7, 11) is 0. The summed E-state index contributed by atoms with van der Waals surface area (Å²) in [6.07, 6.45) is 3.39. The molecule has 0 bridgehead atoms. The molecule has 0 aliphatic carbocycles. The zero-order valence-corrected chi connectivity index (χ0v) is 12.9. The fourth-order valence-corrected chi connectivity index (χ4v) is 2.29. The molecular weight excluding hydrogens is 294 g/mol. The molecule has 1 aliphatic heterocycles. The quantitative estimate of drug-likeness (QED) is 0.922. The number of nitrogens with one attached hydrogen (secondary N) is 1. The van der Waals surface area contributed by atoms with Gasteiger partial charge in [-0.15, -0.1) is 0 Å². The van der Waals surface area contributed by atoms with E-state index in [-0.39, 0.29) is 12.1 Å². The van der Waals surface area contributed by atoms with E-state index in [4.69, 9.17) is 9.47 Å². The fourth-order valence-electron chi connectivity index (χ4n) is 2.29. The van der Waals surface area contributed by atoms with E-state index >= 15 is 0 Å². The van der Waals surface area contributed by atoms with Crippen LogP contribution in [0.1, 0.15) is 6.92 Å². The van der Waals surface area contributed by atoms with E-state index in [0.717, 1.165) is 17.2 Å². The number of urea groups is 1. The Morgan fingerprint density at radius 3 is 2.70 bits per heavy atom. The summed E-state index contributed by atoms with van der Waals surface area (Å²) in [5.74, 6) is 1.52.